The summed E-state index contributed by atoms with van der Waals surface area (Å²) in [7, 11) is 1.73. The Labute approximate surface area is 96.6 Å². The number of aromatic nitrogens is 2. The van der Waals surface area contributed by atoms with Gasteiger partial charge in [-0.15, -0.1) is 0 Å². The van der Waals surface area contributed by atoms with Crippen molar-refractivity contribution in [3.05, 3.63) is 18.0 Å². The van der Waals surface area contributed by atoms with Gasteiger partial charge in [0.2, 0.25) is 0 Å². The van der Waals surface area contributed by atoms with Crippen LogP contribution in [0.2, 0.25) is 0 Å². The minimum Gasteiger partial charge on any atom is -0.458 e. The van der Waals surface area contributed by atoms with E-state index in [4.69, 9.17) is 4.74 Å². The molecule has 1 atom stereocenters. The molecule has 1 rings (SSSR count). The van der Waals surface area contributed by atoms with Crippen LogP contribution in [-0.4, -0.2) is 21.9 Å². The summed E-state index contributed by atoms with van der Waals surface area (Å²) in [4.78, 5) is 11.7. The lowest BCUT2D eigenvalue weighted by Gasteiger charge is -2.14. The first-order chi connectivity index (χ1) is 7.50. The Bertz CT molecular complexity index is 345. The number of esters is 1. The third-order valence-electron chi connectivity index (χ3n) is 2.49. The molecule has 0 fully saturated rings. The second-order valence-electron chi connectivity index (χ2n) is 4.53. The lowest BCUT2D eigenvalue weighted by Crippen LogP contribution is -2.18. The van der Waals surface area contributed by atoms with Gasteiger partial charge in [0.15, 0.2) is 0 Å². The molecule has 0 aromatic carbocycles. The summed E-state index contributed by atoms with van der Waals surface area (Å²) < 4.78 is 6.85. The van der Waals surface area contributed by atoms with Crippen molar-refractivity contribution in [1.82, 2.24) is 9.78 Å². The average Bonchev–Trinajstić information content (AvgIpc) is 2.61. The summed E-state index contributed by atoms with van der Waals surface area (Å²) in [5, 5.41) is 3.94. The van der Waals surface area contributed by atoms with Crippen LogP contribution >= 0.6 is 0 Å². The third kappa shape index (κ3) is 3.68. The molecule has 0 saturated carbocycles. The van der Waals surface area contributed by atoms with Crippen LogP contribution in [0.3, 0.4) is 0 Å². The van der Waals surface area contributed by atoms with Gasteiger partial charge in [-0.05, 0) is 31.7 Å². The fraction of sp³-hybridized carbons (Fsp3) is 0.667. The lowest BCUT2D eigenvalue weighted by molar-refractivity contribution is 0.0301. The molecule has 0 bridgehead atoms. The number of ether oxygens (including phenoxy) is 1. The molecule has 0 saturated heterocycles. The largest absolute Gasteiger partial charge is 0.458 e. The number of rotatable bonds is 5. The van der Waals surface area contributed by atoms with Gasteiger partial charge in [-0.2, -0.15) is 5.10 Å². The Hall–Kier alpha value is -1.32. The molecule has 0 aliphatic heterocycles. The van der Waals surface area contributed by atoms with E-state index in [1.165, 1.54) is 4.68 Å². The van der Waals surface area contributed by atoms with Gasteiger partial charge < -0.3 is 4.74 Å². The first-order valence-electron chi connectivity index (χ1n) is 5.69. The second-order valence-corrected chi connectivity index (χ2v) is 4.53. The molecule has 16 heavy (non-hydrogen) atoms. The quantitative estimate of drug-likeness (QED) is 0.721. The van der Waals surface area contributed by atoms with Gasteiger partial charge in [0.05, 0.1) is 6.10 Å². The van der Waals surface area contributed by atoms with Crippen LogP contribution in [0.4, 0.5) is 0 Å². The van der Waals surface area contributed by atoms with E-state index in [0.29, 0.717) is 11.6 Å². The molecule has 0 spiro atoms. The molecule has 1 unspecified atom stereocenters. The van der Waals surface area contributed by atoms with Crippen molar-refractivity contribution in [2.75, 3.05) is 0 Å². The number of carbonyl (C=O) groups excluding carboxylic acids is 1. The number of hydrogen-bond acceptors (Lipinski definition) is 3. The summed E-state index contributed by atoms with van der Waals surface area (Å²) >= 11 is 0. The molecule has 1 aromatic heterocycles. The van der Waals surface area contributed by atoms with Crippen LogP contribution in [0.1, 0.15) is 44.1 Å². The SMILES string of the molecule is CC(C)CCC(C)OC(=O)c1ccnn1C. The van der Waals surface area contributed by atoms with E-state index in [1.807, 2.05) is 6.92 Å². The zero-order valence-corrected chi connectivity index (χ0v) is 10.4. The fourth-order valence-electron chi connectivity index (χ4n) is 1.44. The Morgan fingerprint density at radius 2 is 2.12 bits per heavy atom. The van der Waals surface area contributed by atoms with E-state index in [-0.39, 0.29) is 12.1 Å². The van der Waals surface area contributed by atoms with Crippen molar-refractivity contribution < 1.29 is 9.53 Å². The van der Waals surface area contributed by atoms with Crippen molar-refractivity contribution in [3.8, 4) is 0 Å². The van der Waals surface area contributed by atoms with Crippen LogP contribution in [0.25, 0.3) is 0 Å². The highest BCUT2D eigenvalue weighted by Crippen LogP contribution is 2.11. The fourth-order valence-corrected chi connectivity index (χ4v) is 1.44. The van der Waals surface area contributed by atoms with Gasteiger partial charge in [-0.3, -0.25) is 4.68 Å². The number of nitrogens with zero attached hydrogens (tertiary/aromatic N) is 2. The van der Waals surface area contributed by atoms with Gasteiger partial charge in [-0.1, -0.05) is 13.8 Å². The maximum absolute atomic E-state index is 11.7. The minimum absolute atomic E-state index is 0.0372. The van der Waals surface area contributed by atoms with Crippen LogP contribution in [0, 0.1) is 5.92 Å². The van der Waals surface area contributed by atoms with Crippen molar-refractivity contribution >= 4 is 5.97 Å². The second kappa shape index (κ2) is 5.68. The molecule has 0 aliphatic carbocycles. The van der Waals surface area contributed by atoms with E-state index in [1.54, 1.807) is 19.3 Å². The van der Waals surface area contributed by atoms with Gasteiger partial charge in [0.25, 0.3) is 0 Å². The van der Waals surface area contributed by atoms with E-state index in [9.17, 15) is 4.79 Å². The summed E-state index contributed by atoms with van der Waals surface area (Å²) in [6.45, 7) is 6.25. The van der Waals surface area contributed by atoms with Crippen molar-refractivity contribution in [1.29, 1.82) is 0 Å². The van der Waals surface area contributed by atoms with Crippen LogP contribution in [0.15, 0.2) is 12.3 Å². The monoisotopic (exact) mass is 224 g/mol. The highest BCUT2D eigenvalue weighted by atomic mass is 16.5. The summed E-state index contributed by atoms with van der Waals surface area (Å²) in [5.41, 5.74) is 0.497. The summed E-state index contributed by atoms with van der Waals surface area (Å²) in [6.07, 6.45) is 3.53. The Kier molecular flexibility index (Phi) is 4.52. The number of aryl methyl sites for hydroxylation is 1. The summed E-state index contributed by atoms with van der Waals surface area (Å²) in [5.74, 6) is 0.342. The Morgan fingerprint density at radius 3 is 2.62 bits per heavy atom. The lowest BCUT2D eigenvalue weighted by atomic mass is 10.1. The first-order valence-corrected chi connectivity index (χ1v) is 5.69. The number of carbonyl (C=O) groups is 1. The molecule has 0 amide bonds. The zero-order valence-electron chi connectivity index (χ0n) is 10.4. The molecule has 0 N–H and O–H groups in total. The van der Waals surface area contributed by atoms with Crippen molar-refractivity contribution in [2.45, 2.75) is 39.7 Å². The molecule has 0 radical (unpaired) electrons. The first kappa shape index (κ1) is 12.7. The normalized spacial score (nSPS) is 12.8. The Balaban J connectivity index is 2.43. The predicted octanol–water partition coefficient (Wildman–Crippen LogP) is 2.40. The standard InChI is InChI=1S/C12H20N2O2/c1-9(2)5-6-10(3)16-12(15)11-7-8-13-14(11)4/h7-10H,5-6H2,1-4H3. The molecular weight excluding hydrogens is 204 g/mol. The molecule has 0 aliphatic rings. The number of hydrogen-bond donors (Lipinski definition) is 0. The zero-order chi connectivity index (χ0) is 12.1. The minimum atomic E-state index is -0.295. The molecular formula is C12H20N2O2. The van der Waals surface area contributed by atoms with E-state index in [0.717, 1.165) is 12.8 Å². The van der Waals surface area contributed by atoms with E-state index >= 15 is 0 Å². The molecule has 90 valence electrons. The molecule has 4 heteroatoms. The maximum atomic E-state index is 11.7. The topological polar surface area (TPSA) is 44.1 Å². The van der Waals surface area contributed by atoms with Crippen LogP contribution < -0.4 is 0 Å². The highest BCUT2D eigenvalue weighted by molar-refractivity contribution is 5.87. The van der Waals surface area contributed by atoms with Crippen LogP contribution in [0.5, 0.6) is 0 Å². The average molecular weight is 224 g/mol. The van der Waals surface area contributed by atoms with Gasteiger partial charge in [0.1, 0.15) is 5.69 Å². The van der Waals surface area contributed by atoms with Gasteiger partial charge in [-0.25, -0.2) is 4.79 Å². The van der Waals surface area contributed by atoms with Gasteiger partial charge >= 0.3 is 5.97 Å². The molecule has 4 nitrogen and oxygen atoms in total. The van der Waals surface area contributed by atoms with Crippen molar-refractivity contribution in [3.63, 3.8) is 0 Å². The van der Waals surface area contributed by atoms with Crippen molar-refractivity contribution in [2.24, 2.45) is 13.0 Å². The Morgan fingerprint density at radius 1 is 1.44 bits per heavy atom. The smallest absolute Gasteiger partial charge is 0.356 e. The van der Waals surface area contributed by atoms with E-state index in [2.05, 4.69) is 18.9 Å². The van der Waals surface area contributed by atoms with E-state index < -0.39 is 0 Å². The molecule has 1 aromatic rings. The van der Waals surface area contributed by atoms with Gasteiger partial charge in [0, 0.05) is 13.2 Å². The maximum Gasteiger partial charge on any atom is 0.356 e. The predicted molar refractivity (Wildman–Crippen MR) is 62.2 cm³/mol. The third-order valence-corrected chi connectivity index (χ3v) is 2.49. The highest BCUT2D eigenvalue weighted by Gasteiger charge is 2.15. The van der Waals surface area contributed by atoms with Crippen LogP contribution in [-0.2, 0) is 11.8 Å². The summed E-state index contributed by atoms with van der Waals surface area (Å²) in [6, 6.07) is 1.66. The molecule has 1 heterocycles.